The molecule has 31 heavy (non-hydrogen) atoms. The van der Waals surface area contributed by atoms with E-state index in [0.29, 0.717) is 41.3 Å². The number of aliphatic hydroxyl groups is 1. The molecule has 1 aromatic carbocycles. The fourth-order valence-corrected chi connectivity index (χ4v) is 3.74. The first-order valence-electron chi connectivity index (χ1n) is 10.4. The first-order valence-corrected chi connectivity index (χ1v) is 10.8. The molecule has 166 valence electrons. The number of pyridine rings is 1. The molecule has 0 radical (unpaired) electrons. The number of carbonyl (C=O) groups excluding carboxylic acids is 1. The summed E-state index contributed by atoms with van der Waals surface area (Å²) in [6.45, 7) is 5.97. The Kier molecular flexibility index (Phi) is 7.87. The number of aliphatic imine (C=N–C) groups is 1. The quantitative estimate of drug-likeness (QED) is 0.378. The number of nitrogens with one attached hydrogen (secondary N) is 1. The number of aliphatic hydroxyl groups excluding tert-OH is 1. The molecule has 2 N–H and O–H groups in total. The molecule has 8 heteroatoms. The van der Waals surface area contributed by atoms with Gasteiger partial charge in [-0.3, -0.25) is 4.79 Å². The number of carbonyl (C=O) groups is 1. The minimum Gasteiger partial charge on any atom is -0.492 e. The molecule has 2 atom stereocenters. The van der Waals surface area contributed by atoms with Crippen molar-refractivity contribution in [2.45, 2.75) is 52.2 Å². The number of hydrogen-bond acceptors (Lipinski definition) is 6. The molecule has 0 aliphatic heterocycles. The van der Waals surface area contributed by atoms with Gasteiger partial charge in [-0.05, 0) is 62.1 Å². The lowest BCUT2D eigenvalue weighted by atomic mass is 10.1. The highest BCUT2D eigenvalue weighted by atomic mass is 35.5. The number of hydrogen-bond donors (Lipinski definition) is 2. The molecule has 0 saturated heterocycles. The number of aromatic nitrogens is 1. The normalized spacial score (nSPS) is 18.7. The van der Waals surface area contributed by atoms with Gasteiger partial charge in [-0.1, -0.05) is 11.6 Å². The minimum atomic E-state index is -0.445. The molecular formula is C23H28ClN3O4. The summed E-state index contributed by atoms with van der Waals surface area (Å²) < 4.78 is 11.4. The Morgan fingerprint density at radius 1 is 1.29 bits per heavy atom. The summed E-state index contributed by atoms with van der Waals surface area (Å²) in [4.78, 5) is 20.1. The maximum atomic E-state index is 10.9. The van der Waals surface area contributed by atoms with Crippen LogP contribution in [0.3, 0.4) is 0 Å². The molecule has 2 aromatic rings. The van der Waals surface area contributed by atoms with E-state index in [-0.39, 0.29) is 12.0 Å². The van der Waals surface area contributed by atoms with Crippen molar-refractivity contribution in [1.82, 2.24) is 10.3 Å². The van der Waals surface area contributed by atoms with E-state index < -0.39 is 6.10 Å². The second-order valence-corrected chi connectivity index (χ2v) is 8.01. The maximum Gasteiger partial charge on any atom is 0.216 e. The van der Waals surface area contributed by atoms with Gasteiger partial charge in [0, 0.05) is 19.4 Å². The molecule has 7 nitrogen and oxygen atoms in total. The van der Waals surface area contributed by atoms with Crippen LogP contribution in [0.2, 0.25) is 5.02 Å². The van der Waals surface area contributed by atoms with Gasteiger partial charge in [-0.15, -0.1) is 0 Å². The van der Waals surface area contributed by atoms with Crippen molar-refractivity contribution < 1.29 is 19.4 Å². The highest BCUT2D eigenvalue weighted by Gasteiger charge is 2.27. The summed E-state index contributed by atoms with van der Waals surface area (Å²) in [6.07, 6.45) is 1.88. The molecular weight excluding hydrogens is 418 g/mol. The summed E-state index contributed by atoms with van der Waals surface area (Å²) in [6, 6.07) is 9.25. The average molecular weight is 446 g/mol. The Morgan fingerprint density at radius 2 is 2.03 bits per heavy atom. The smallest absolute Gasteiger partial charge is 0.216 e. The highest BCUT2D eigenvalue weighted by molar-refractivity contribution is 6.33. The Hall–Kier alpha value is -2.64. The Morgan fingerprint density at radius 3 is 2.68 bits per heavy atom. The van der Waals surface area contributed by atoms with Crippen molar-refractivity contribution in [1.29, 1.82) is 0 Å². The van der Waals surface area contributed by atoms with Crippen molar-refractivity contribution in [2.24, 2.45) is 4.99 Å². The standard InChI is InChI=1S/C23H28ClN3O4/c1-14-13-19(24)22(17-7-9-18(10-8-17)30-12-11-25-15(2)28)27-23(14)26-16(3)31-21-6-4-5-20(21)29/h7-10,13,20-21,29H,4-6,11-12H2,1-3H3,(H,25,28)/t20-,21-/m0/s1. The van der Waals surface area contributed by atoms with E-state index in [4.69, 9.17) is 21.1 Å². The molecule has 0 bridgehead atoms. The van der Waals surface area contributed by atoms with E-state index in [1.54, 1.807) is 6.92 Å². The summed E-state index contributed by atoms with van der Waals surface area (Å²) in [7, 11) is 0. The number of benzene rings is 1. The third kappa shape index (κ3) is 6.42. The molecule has 1 saturated carbocycles. The summed E-state index contributed by atoms with van der Waals surface area (Å²) in [5.74, 6) is 1.60. The van der Waals surface area contributed by atoms with E-state index in [0.717, 1.165) is 30.4 Å². The van der Waals surface area contributed by atoms with Gasteiger partial charge in [0.2, 0.25) is 5.91 Å². The highest BCUT2D eigenvalue weighted by Crippen LogP contribution is 2.32. The molecule has 1 heterocycles. The number of ether oxygens (including phenoxy) is 2. The number of nitrogens with zero attached hydrogens (tertiary/aromatic N) is 2. The topological polar surface area (TPSA) is 93.0 Å². The van der Waals surface area contributed by atoms with Gasteiger partial charge in [0.25, 0.3) is 0 Å². The zero-order valence-corrected chi connectivity index (χ0v) is 18.8. The van der Waals surface area contributed by atoms with E-state index in [1.807, 2.05) is 37.3 Å². The Balaban J connectivity index is 1.73. The number of rotatable bonds is 7. The van der Waals surface area contributed by atoms with Crippen LogP contribution in [0.5, 0.6) is 5.75 Å². The van der Waals surface area contributed by atoms with Crippen molar-refractivity contribution in [3.63, 3.8) is 0 Å². The summed E-state index contributed by atoms with van der Waals surface area (Å²) >= 11 is 6.45. The SMILES string of the molecule is CC(=O)NCCOc1ccc(-c2nc(N=C(C)O[C@H]3CCC[C@@H]3O)c(C)cc2Cl)cc1. The molecule has 0 spiro atoms. The molecule has 3 rings (SSSR count). The Labute approximate surface area is 187 Å². The third-order valence-corrected chi connectivity index (χ3v) is 5.30. The molecule has 1 amide bonds. The fourth-order valence-electron chi connectivity index (χ4n) is 3.43. The van der Waals surface area contributed by atoms with Crippen LogP contribution in [-0.4, -0.2) is 47.3 Å². The Bertz CT molecular complexity index is 947. The van der Waals surface area contributed by atoms with Gasteiger partial charge >= 0.3 is 0 Å². The second-order valence-electron chi connectivity index (χ2n) is 7.60. The van der Waals surface area contributed by atoms with Gasteiger partial charge in [0.1, 0.15) is 18.5 Å². The van der Waals surface area contributed by atoms with E-state index in [2.05, 4.69) is 15.3 Å². The average Bonchev–Trinajstić information content (AvgIpc) is 3.12. The van der Waals surface area contributed by atoms with Gasteiger partial charge in [0.15, 0.2) is 11.7 Å². The zero-order valence-electron chi connectivity index (χ0n) is 18.0. The fraction of sp³-hybridized carbons (Fsp3) is 0.435. The predicted molar refractivity (Wildman–Crippen MR) is 121 cm³/mol. The first-order chi connectivity index (χ1) is 14.8. The van der Waals surface area contributed by atoms with Crippen LogP contribution in [0.1, 0.15) is 38.7 Å². The lowest BCUT2D eigenvalue weighted by Crippen LogP contribution is -2.25. The van der Waals surface area contributed by atoms with E-state index in [1.165, 1.54) is 6.92 Å². The summed E-state index contributed by atoms with van der Waals surface area (Å²) in [5.41, 5.74) is 2.28. The van der Waals surface area contributed by atoms with Crippen molar-refractivity contribution in [2.75, 3.05) is 13.2 Å². The van der Waals surface area contributed by atoms with E-state index in [9.17, 15) is 9.90 Å². The summed E-state index contributed by atoms with van der Waals surface area (Å²) in [5, 5.41) is 13.2. The third-order valence-electron chi connectivity index (χ3n) is 5.02. The van der Waals surface area contributed by atoms with Crippen LogP contribution in [0, 0.1) is 6.92 Å². The first kappa shape index (κ1) is 23.0. The van der Waals surface area contributed by atoms with Crippen molar-refractivity contribution in [3.8, 4) is 17.0 Å². The monoisotopic (exact) mass is 445 g/mol. The van der Waals surface area contributed by atoms with Gasteiger partial charge in [-0.25, -0.2) is 4.98 Å². The number of aryl methyl sites for hydroxylation is 1. The molecule has 1 fully saturated rings. The van der Waals surface area contributed by atoms with Crippen LogP contribution >= 0.6 is 11.6 Å². The zero-order chi connectivity index (χ0) is 22.4. The van der Waals surface area contributed by atoms with Crippen molar-refractivity contribution in [3.05, 3.63) is 40.9 Å². The maximum absolute atomic E-state index is 10.9. The van der Waals surface area contributed by atoms with E-state index >= 15 is 0 Å². The molecule has 0 unspecified atom stereocenters. The largest absolute Gasteiger partial charge is 0.492 e. The van der Waals surface area contributed by atoms with Gasteiger partial charge < -0.3 is 19.9 Å². The number of halogens is 1. The van der Waals surface area contributed by atoms with Crippen LogP contribution < -0.4 is 10.1 Å². The van der Waals surface area contributed by atoms with Gasteiger partial charge in [0.05, 0.1) is 23.4 Å². The molecule has 1 aromatic heterocycles. The van der Waals surface area contributed by atoms with Crippen molar-refractivity contribution >= 4 is 29.2 Å². The predicted octanol–water partition coefficient (Wildman–Crippen LogP) is 4.21. The second kappa shape index (κ2) is 10.6. The lowest BCUT2D eigenvalue weighted by Gasteiger charge is -2.16. The van der Waals surface area contributed by atoms with Gasteiger partial charge in [-0.2, -0.15) is 4.99 Å². The van der Waals surface area contributed by atoms with Crippen LogP contribution in [0.4, 0.5) is 5.82 Å². The minimum absolute atomic E-state index is 0.0856. The molecule has 1 aliphatic carbocycles. The molecule has 1 aliphatic rings. The van der Waals surface area contributed by atoms with Crippen LogP contribution in [0.15, 0.2) is 35.3 Å². The van der Waals surface area contributed by atoms with Crippen LogP contribution in [0.25, 0.3) is 11.3 Å². The van der Waals surface area contributed by atoms with Crippen LogP contribution in [-0.2, 0) is 9.53 Å². The lowest BCUT2D eigenvalue weighted by molar-refractivity contribution is -0.119. The number of amides is 1.